The molecule has 1 N–H and O–H groups in total. The first-order valence-electron chi connectivity index (χ1n) is 6.56. The fourth-order valence-electron chi connectivity index (χ4n) is 2.41. The van der Waals surface area contributed by atoms with Gasteiger partial charge >= 0.3 is 5.97 Å². The van der Waals surface area contributed by atoms with Crippen LogP contribution in [0.25, 0.3) is 0 Å². The smallest absolute Gasteiger partial charge is 0.336 e. The summed E-state index contributed by atoms with van der Waals surface area (Å²) in [5.41, 5.74) is 0.747. The molecule has 0 atom stereocenters. The van der Waals surface area contributed by atoms with E-state index in [1.807, 2.05) is 0 Å². The third-order valence-electron chi connectivity index (χ3n) is 3.60. The van der Waals surface area contributed by atoms with Gasteiger partial charge in [-0.2, -0.15) is 0 Å². The highest BCUT2D eigenvalue weighted by atomic mass is 19.1. The quantitative estimate of drug-likeness (QED) is 0.900. The summed E-state index contributed by atoms with van der Waals surface area (Å²) >= 11 is 0. The van der Waals surface area contributed by atoms with Crippen molar-refractivity contribution in [3.63, 3.8) is 0 Å². The highest BCUT2D eigenvalue weighted by Crippen LogP contribution is 2.15. The van der Waals surface area contributed by atoms with Gasteiger partial charge in [0, 0.05) is 32.7 Å². The Kier molecular flexibility index (Phi) is 4.50. The van der Waals surface area contributed by atoms with Crippen molar-refractivity contribution >= 4 is 5.97 Å². The lowest BCUT2D eigenvalue weighted by atomic mass is 10.1. The summed E-state index contributed by atoms with van der Waals surface area (Å²) in [6, 6.07) is 3.87. The molecule has 1 saturated heterocycles. The number of hydrogen-bond donors (Lipinski definition) is 1. The van der Waals surface area contributed by atoms with Crippen molar-refractivity contribution in [2.75, 3.05) is 32.7 Å². The molecule has 0 bridgehead atoms. The molecule has 1 aromatic rings. The van der Waals surface area contributed by atoms with Gasteiger partial charge in [0.25, 0.3) is 0 Å². The minimum atomic E-state index is -0.998. The molecule has 5 heteroatoms. The summed E-state index contributed by atoms with van der Waals surface area (Å²) < 4.78 is 13.3. The number of carboxylic acids is 1. The molecule has 1 aliphatic heterocycles. The molecule has 1 fully saturated rings. The fraction of sp³-hybridized carbons (Fsp3) is 0.500. The molecular formula is C14H19FN2O2. The second-order valence-electron chi connectivity index (χ2n) is 4.82. The van der Waals surface area contributed by atoms with Crippen molar-refractivity contribution in [2.45, 2.75) is 13.5 Å². The molecule has 2 rings (SSSR count). The molecule has 1 heterocycles. The van der Waals surface area contributed by atoms with E-state index in [0.717, 1.165) is 32.7 Å². The third kappa shape index (κ3) is 3.52. The van der Waals surface area contributed by atoms with Gasteiger partial charge in [0.05, 0.1) is 5.56 Å². The number of piperazine rings is 1. The average molecular weight is 266 g/mol. The summed E-state index contributed by atoms with van der Waals surface area (Å²) in [5, 5.41) is 9.12. The summed E-state index contributed by atoms with van der Waals surface area (Å²) in [4.78, 5) is 15.6. The third-order valence-corrected chi connectivity index (χ3v) is 3.60. The first-order valence-corrected chi connectivity index (χ1v) is 6.56. The number of carboxylic acid groups (broad SMARTS) is 1. The van der Waals surface area contributed by atoms with Gasteiger partial charge in [0.2, 0.25) is 0 Å². The highest BCUT2D eigenvalue weighted by Gasteiger charge is 2.18. The number of likely N-dealkylation sites (N-methyl/N-ethyl adjacent to an activating group) is 1. The summed E-state index contributed by atoms with van der Waals surface area (Å²) in [6.45, 7) is 7.41. The molecule has 0 unspecified atom stereocenters. The van der Waals surface area contributed by atoms with Crippen LogP contribution in [0.2, 0.25) is 0 Å². The maximum atomic E-state index is 13.3. The second kappa shape index (κ2) is 6.12. The lowest BCUT2D eigenvalue weighted by molar-refractivity contribution is 0.0693. The van der Waals surface area contributed by atoms with E-state index in [4.69, 9.17) is 5.11 Å². The number of carbonyl (C=O) groups is 1. The van der Waals surface area contributed by atoms with Gasteiger partial charge in [-0.25, -0.2) is 9.18 Å². The Bertz CT molecular complexity index is 457. The number of halogens is 1. The van der Waals surface area contributed by atoms with Crippen molar-refractivity contribution in [3.05, 3.63) is 35.1 Å². The van der Waals surface area contributed by atoms with Crippen molar-refractivity contribution in [3.8, 4) is 0 Å². The number of nitrogens with zero attached hydrogens (tertiary/aromatic N) is 2. The average Bonchev–Trinajstić information content (AvgIpc) is 2.39. The molecule has 0 spiro atoms. The second-order valence-corrected chi connectivity index (χ2v) is 4.82. The standard InChI is InChI=1S/C14H19FN2O2/c1-2-16-5-7-17(8-6-16)10-11-9-12(15)3-4-13(11)14(18)19/h3-4,9H,2,5-8,10H2,1H3,(H,18,19). The molecule has 1 aliphatic rings. The molecule has 104 valence electrons. The van der Waals surface area contributed by atoms with Crippen molar-refractivity contribution in [1.82, 2.24) is 9.80 Å². The number of hydrogen-bond acceptors (Lipinski definition) is 3. The van der Waals surface area contributed by atoms with E-state index in [1.54, 1.807) is 0 Å². The van der Waals surface area contributed by atoms with E-state index in [9.17, 15) is 9.18 Å². The zero-order valence-electron chi connectivity index (χ0n) is 11.1. The van der Waals surface area contributed by atoms with Crippen molar-refractivity contribution < 1.29 is 14.3 Å². The van der Waals surface area contributed by atoms with Gasteiger partial charge in [-0.3, -0.25) is 4.90 Å². The minimum Gasteiger partial charge on any atom is -0.478 e. The topological polar surface area (TPSA) is 43.8 Å². The maximum Gasteiger partial charge on any atom is 0.336 e. The van der Waals surface area contributed by atoms with Crippen LogP contribution >= 0.6 is 0 Å². The van der Waals surface area contributed by atoms with Gasteiger partial charge in [-0.15, -0.1) is 0 Å². The van der Waals surface area contributed by atoms with Crippen LogP contribution in [-0.2, 0) is 6.54 Å². The minimum absolute atomic E-state index is 0.194. The predicted molar refractivity (Wildman–Crippen MR) is 70.8 cm³/mol. The first kappa shape index (κ1) is 14.0. The molecule has 0 aromatic heterocycles. The van der Waals surface area contributed by atoms with Gasteiger partial charge in [-0.05, 0) is 30.3 Å². The molecule has 0 aliphatic carbocycles. The van der Waals surface area contributed by atoms with Crippen LogP contribution in [-0.4, -0.2) is 53.6 Å². The van der Waals surface area contributed by atoms with Crippen LogP contribution in [0.15, 0.2) is 18.2 Å². The van der Waals surface area contributed by atoms with Crippen LogP contribution < -0.4 is 0 Å². The molecule has 0 amide bonds. The van der Waals surface area contributed by atoms with Gasteiger partial charge in [0.15, 0.2) is 0 Å². The predicted octanol–water partition coefficient (Wildman–Crippen LogP) is 1.66. The first-order chi connectivity index (χ1) is 9.10. The normalized spacial score (nSPS) is 17.6. The van der Waals surface area contributed by atoms with Crippen LogP contribution in [0.4, 0.5) is 4.39 Å². The Labute approximate surface area is 112 Å². The lowest BCUT2D eigenvalue weighted by Crippen LogP contribution is -2.45. The fourth-order valence-corrected chi connectivity index (χ4v) is 2.41. The number of aromatic carboxylic acids is 1. The Morgan fingerprint density at radius 2 is 1.89 bits per heavy atom. The maximum absolute atomic E-state index is 13.3. The van der Waals surface area contributed by atoms with E-state index in [2.05, 4.69) is 16.7 Å². The Morgan fingerprint density at radius 1 is 1.26 bits per heavy atom. The molecule has 0 saturated carbocycles. The number of benzene rings is 1. The molecule has 1 aromatic carbocycles. The largest absolute Gasteiger partial charge is 0.478 e. The number of rotatable bonds is 4. The van der Waals surface area contributed by atoms with Crippen molar-refractivity contribution in [2.24, 2.45) is 0 Å². The van der Waals surface area contributed by atoms with Crippen LogP contribution in [0.3, 0.4) is 0 Å². The van der Waals surface area contributed by atoms with Crippen LogP contribution in [0.1, 0.15) is 22.8 Å². The zero-order valence-corrected chi connectivity index (χ0v) is 11.1. The summed E-state index contributed by atoms with van der Waals surface area (Å²) in [7, 11) is 0. The SMILES string of the molecule is CCN1CCN(Cc2cc(F)ccc2C(=O)O)CC1. The molecular weight excluding hydrogens is 247 g/mol. The summed E-state index contributed by atoms with van der Waals surface area (Å²) in [6.07, 6.45) is 0. The lowest BCUT2D eigenvalue weighted by Gasteiger charge is -2.34. The van der Waals surface area contributed by atoms with Gasteiger partial charge < -0.3 is 10.0 Å². The van der Waals surface area contributed by atoms with E-state index >= 15 is 0 Å². The van der Waals surface area contributed by atoms with Crippen LogP contribution in [0.5, 0.6) is 0 Å². The van der Waals surface area contributed by atoms with Gasteiger partial charge in [-0.1, -0.05) is 6.92 Å². The molecule has 0 radical (unpaired) electrons. The van der Waals surface area contributed by atoms with Crippen LogP contribution in [0, 0.1) is 5.82 Å². The van der Waals surface area contributed by atoms with E-state index in [1.165, 1.54) is 18.2 Å². The van der Waals surface area contributed by atoms with Crippen molar-refractivity contribution in [1.29, 1.82) is 0 Å². The Morgan fingerprint density at radius 3 is 2.47 bits per heavy atom. The summed E-state index contributed by atoms with van der Waals surface area (Å²) in [5.74, 6) is -1.38. The Hall–Kier alpha value is -1.46. The van der Waals surface area contributed by atoms with E-state index in [-0.39, 0.29) is 11.4 Å². The molecule has 4 nitrogen and oxygen atoms in total. The monoisotopic (exact) mass is 266 g/mol. The molecule has 19 heavy (non-hydrogen) atoms. The van der Waals surface area contributed by atoms with E-state index in [0.29, 0.717) is 12.1 Å². The van der Waals surface area contributed by atoms with Gasteiger partial charge in [0.1, 0.15) is 5.82 Å². The Balaban J connectivity index is 2.06. The zero-order chi connectivity index (χ0) is 13.8. The highest BCUT2D eigenvalue weighted by molar-refractivity contribution is 5.89. The van der Waals surface area contributed by atoms with E-state index < -0.39 is 5.97 Å².